The van der Waals surface area contributed by atoms with Crippen LogP contribution >= 0.6 is 7.60 Å². The van der Waals surface area contributed by atoms with Crippen LogP contribution in [0, 0.1) is 0 Å². The van der Waals surface area contributed by atoms with Gasteiger partial charge in [-0.3, -0.25) is 14.2 Å². The van der Waals surface area contributed by atoms with Gasteiger partial charge in [-0.25, -0.2) is 0 Å². The van der Waals surface area contributed by atoms with Crippen LogP contribution in [0.5, 0.6) is 0 Å². The monoisotopic (exact) mass is 166 g/mol. The molecule has 1 unspecified atom stereocenters. The van der Waals surface area contributed by atoms with E-state index in [9.17, 15) is 14.2 Å². The Morgan fingerprint density at radius 2 is 1.90 bits per heavy atom. The summed E-state index contributed by atoms with van der Waals surface area (Å²) in [5.74, 6) is -0.979. The van der Waals surface area contributed by atoms with Gasteiger partial charge in [0, 0.05) is 14.0 Å². The molecular weight excluding hydrogens is 159 g/mol. The highest BCUT2D eigenvalue weighted by molar-refractivity contribution is 7.73. The third-order valence-electron chi connectivity index (χ3n) is 0.805. The van der Waals surface area contributed by atoms with Crippen molar-refractivity contribution in [3.63, 3.8) is 0 Å². The zero-order valence-corrected chi connectivity index (χ0v) is 6.42. The number of ketones is 1. The second-order valence-corrected chi connectivity index (χ2v) is 3.38. The van der Waals surface area contributed by atoms with E-state index in [1.807, 2.05) is 0 Å². The van der Waals surface area contributed by atoms with Crippen LogP contribution in [-0.4, -0.2) is 23.3 Å². The maximum Gasteiger partial charge on any atom is 0.401 e. The van der Waals surface area contributed by atoms with E-state index in [0.717, 1.165) is 14.0 Å². The van der Waals surface area contributed by atoms with E-state index < -0.39 is 18.9 Å². The first-order valence-electron chi connectivity index (χ1n) is 2.36. The molecule has 1 N–H and O–H groups in total. The summed E-state index contributed by atoms with van der Waals surface area (Å²) >= 11 is 0. The Kier molecular flexibility index (Phi) is 2.90. The number of rotatable bonds is 3. The lowest BCUT2D eigenvalue weighted by atomic mass is 10.5. The van der Waals surface area contributed by atoms with Gasteiger partial charge in [-0.05, 0) is 0 Å². The average Bonchev–Trinajstić information content (AvgIpc) is 1.86. The molecule has 0 saturated carbocycles. The minimum atomic E-state index is -4.31. The maximum atomic E-state index is 10.5. The van der Waals surface area contributed by atoms with Crippen LogP contribution in [0.4, 0.5) is 0 Å². The van der Waals surface area contributed by atoms with Crippen molar-refractivity contribution in [2.75, 3.05) is 7.11 Å². The molecule has 5 nitrogen and oxygen atoms in total. The fourth-order valence-corrected chi connectivity index (χ4v) is 0.846. The van der Waals surface area contributed by atoms with Gasteiger partial charge >= 0.3 is 13.1 Å². The van der Waals surface area contributed by atoms with Gasteiger partial charge in [-0.15, -0.1) is 0 Å². The third kappa shape index (κ3) is 2.02. The average molecular weight is 166 g/mol. The molecule has 0 heterocycles. The summed E-state index contributed by atoms with van der Waals surface area (Å²) in [6.07, 6.45) is 0. The lowest BCUT2D eigenvalue weighted by molar-refractivity contribution is -0.131. The largest absolute Gasteiger partial charge is 0.401 e. The Balaban J connectivity index is 4.51. The van der Waals surface area contributed by atoms with Crippen molar-refractivity contribution < 1.29 is 23.6 Å². The molecule has 0 aliphatic rings. The minimum Gasteiger partial charge on any atom is -0.319 e. The Labute approximate surface area is 57.5 Å². The lowest BCUT2D eigenvalue weighted by Crippen LogP contribution is -2.10. The van der Waals surface area contributed by atoms with Gasteiger partial charge in [-0.2, -0.15) is 0 Å². The molecule has 10 heavy (non-hydrogen) atoms. The van der Waals surface area contributed by atoms with Crippen LogP contribution < -0.4 is 0 Å². The van der Waals surface area contributed by atoms with E-state index >= 15 is 0 Å². The first-order valence-corrected chi connectivity index (χ1v) is 3.93. The van der Waals surface area contributed by atoms with Gasteiger partial charge in [0.2, 0.25) is 5.78 Å². The van der Waals surface area contributed by atoms with Crippen molar-refractivity contribution in [2.24, 2.45) is 0 Å². The quantitative estimate of drug-likeness (QED) is 0.469. The smallest absolute Gasteiger partial charge is 0.319 e. The fourth-order valence-electron chi connectivity index (χ4n) is 0.282. The fraction of sp³-hybridized carbons (Fsp3) is 0.500. The van der Waals surface area contributed by atoms with Crippen LogP contribution in [0.1, 0.15) is 6.92 Å². The summed E-state index contributed by atoms with van der Waals surface area (Å²) in [6, 6.07) is 0. The summed E-state index contributed by atoms with van der Waals surface area (Å²) < 4.78 is 14.4. The molecule has 0 bridgehead atoms. The summed E-state index contributed by atoms with van der Waals surface area (Å²) in [6.45, 7) is 0.907. The second-order valence-electron chi connectivity index (χ2n) is 1.56. The van der Waals surface area contributed by atoms with Crippen molar-refractivity contribution in [1.29, 1.82) is 0 Å². The molecular formula is C4H7O5P. The molecule has 0 amide bonds. The lowest BCUT2D eigenvalue weighted by Gasteiger charge is -2.02. The Bertz CT molecular complexity index is 208. The van der Waals surface area contributed by atoms with Crippen LogP contribution in [0.3, 0.4) is 0 Å². The van der Waals surface area contributed by atoms with Crippen LogP contribution in [-0.2, 0) is 18.7 Å². The number of hydrogen-bond acceptors (Lipinski definition) is 4. The van der Waals surface area contributed by atoms with Gasteiger partial charge in [0.15, 0.2) is 0 Å². The predicted molar refractivity (Wildman–Crippen MR) is 32.5 cm³/mol. The van der Waals surface area contributed by atoms with Gasteiger partial charge in [-0.1, -0.05) is 0 Å². The van der Waals surface area contributed by atoms with Gasteiger partial charge < -0.3 is 9.42 Å². The summed E-state index contributed by atoms with van der Waals surface area (Å²) in [4.78, 5) is 29.1. The summed E-state index contributed by atoms with van der Waals surface area (Å²) in [5.41, 5.74) is -1.38. The van der Waals surface area contributed by atoms with Crippen molar-refractivity contribution in [2.45, 2.75) is 6.92 Å². The Hall–Kier alpha value is -0.510. The van der Waals surface area contributed by atoms with E-state index in [4.69, 9.17) is 4.89 Å². The molecule has 58 valence electrons. The molecule has 6 heteroatoms. The number of hydrogen-bond donors (Lipinski definition) is 1. The zero-order valence-electron chi connectivity index (χ0n) is 5.53. The molecule has 0 aliphatic heterocycles. The van der Waals surface area contributed by atoms with Crippen molar-refractivity contribution in [3.05, 3.63) is 0 Å². The SMILES string of the molecule is COP(=O)(O)C(=O)C(C)=O. The standard InChI is InChI=1S/C4H7O5P/c1-3(5)4(6)10(7,8)9-2/h1-2H3,(H,7,8). The minimum absolute atomic E-state index is 0.890. The first-order chi connectivity index (χ1) is 4.41. The molecule has 0 radical (unpaired) electrons. The molecule has 0 aromatic carbocycles. The molecule has 0 aromatic heterocycles. The van der Waals surface area contributed by atoms with E-state index in [-0.39, 0.29) is 0 Å². The number of Topliss-reactive ketones (excluding diaryl/α,β-unsaturated/α-hetero) is 1. The zero-order chi connectivity index (χ0) is 8.36. The molecule has 0 aliphatic carbocycles. The van der Waals surface area contributed by atoms with E-state index in [0.29, 0.717) is 0 Å². The molecule has 0 saturated heterocycles. The first kappa shape index (κ1) is 9.49. The topological polar surface area (TPSA) is 80.7 Å². The van der Waals surface area contributed by atoms with Crippen LogP contribution in [0.15, 0.2) is 0 Å². The molecule has 0 fully saturated rings. The van der Waals surface area contributed by atoms with E-state index in [2.05, 4.69) is 4.52 Å². The summed E-state index contributed by atoms with van der Waals surface area (Å²) in [7, 11) is -3.42. The normalized spacial score (nSPS) is 15.9. The molecule has 0 spiro atoms. The molecule has 0 rings (SSSR count). The number of carbonyl (C=O) groups excluding carboxylic acids is 2. The highest BCUT2D eigenvalue weighted by Crippen LogP contribution is 2.41. The number of carbonyl (C=O) groups is 2. The Morgan fingerprint density at radius 1 is 1.50 bits per heavy atom. The van der Waals surface area contributed by atoms with Gasteiger partial charge in [0.05, 0.1) is 0 Å². The van der Waals surface area contributed by atoms with Crippen molar-refractivity contribution >= 4 is 18.9 Å². The van der Waals surface area contributed by atoms with E-state index in [1.54, 1.807) is 0 Å². The maximum absolute atomic E-state index is 10.5. The van der Waals surface area contributed by atoms with Crippen LogP contribution in [0.2, 0.25) is 0 Å². The molecule has 1 atom stereocenters. The highest BCUT2D eigenvalue weighted by Gasteiger charge is 2.32. The second kappa shape index (κ2) is 3.05. The van der Waals surface area contributed by atoms with Crippen molar-refractivity contribution in [3.8, 4) is 0 Å². The van der Waals surface area contributed by atoms with Gasteiger partial charge in [0.1, 0.15) is 0 Å². The predicted octanol–water partition coefficient (Wildman–Crippen LogP) is -0.0662. The van der Waals surface area contributed by atoms with E-state index in [1.165, 1.54) is 0 Å². The Morgan fingerprint density at radius 3 is 2.00 bits per heavy atom. The van der Waals surface area contributed by atoms with Gasteiger partial charge in [0.25, 0.3) is 0 Å². The summed E-state index contributed by atoms with van der Waals surface area (Å²) in [5, 5.41) is 0. The molecule has 0 aromatic rings. The highest BCUT2D eigenvalue weighted by atomic mass is 31.2. The van der Waals surface area contributed by atoms with Crippen LogP contribution in [0.25, 0.3) is 0 Å². The third-order valence-corrected chi connectivity index (χ3v) is 2.13. The van der Waals surface area contributed by atoms with Crippen molar-refractivity contribution in [1.82, 2.24) is 0 Å².